The van der Waals surface area contributed by atoms with E-state index in [1.54, 1.807) is 6.20 Å². The number of hydrogen-bond acceptors (Lipinski definition) is 2. The second-order valence-corrected chi connectivity index (χ2v) is 3.34. The zero-order chi connectivity index (χ0) is 9.68. The Labute approximate surface area is 82.7 Å². The Morgan fingerprint density at radius 2 is 2.46 bits per heavy atom. The molecule has 3 nitrogen and oxygen atoms in total. The van der Waals surface area contributed by atoms with E-state index in [1.807, 2.05) is 17.8 Å². The molecule has 1 rings (SSSR count). The van der Waals surface area contributed by atoms with Crippen LogP contribution in [0.1, 0.15) is 18.7 Å². The fourth-order valence-electron chi connectivity index (χ4n) is 1.10. The Hall–Kier alpha value is -0.830. The SMILES string of the molecule is Cn1ccnc1CC(=O)CCCCl. The molecule has 0 atom stereocenters. The molecule has 0 amide bonds. The minimum atomic E-state index is 0.204. The van der Waals surface area contributed by atoms with Gasteiger partial charge in [0.2, 0.25) is 0 Å². The summed E-state index contributed by atoms with van der Waals surface area (Å²) in [5.74, 6) is 1.57. The van der Waals surface area contributed by atoms with E-state index in [-0.39, 0.29) is 5.78 Å². The first-order valence-electron chi connectivity index (χ1n) is 4.28. The van der Waals surface area contributed by atoms with Crippen molar-refractivity contribution in [1.29, 1.82) is 0 Å². The van der Waals surface area contributed by atoms with Crippen molar-refractivity contribution in [3.63, 3.8) is 0 Å². The third kappa shape index (κ3) is 3.19. The molecule has 13 heavy (non-hydrogen) atoms. The Morgan fingerprint density at radius 3 is 3.00 bits per heavy atom. The van der Waals surface area contributed by atoms with E-state index >= 15 is 0 Å². The van der Waals surface area contributed by atoms with Gasteiger partial charge in [-0.1, -0.05) is 0 Å². The number of Topliss-reactive ketones (excluding diaryl/α,β-unsaturated/α-hetero) is 1. The second-order valence-electron chi connectivity index (χ2n) is 2.96. The molecule has 0 aromatic carbocycles. The maximum absolute atomic E-state index is 11.3. The predicted molar refractivity (Wildman–Crippen MR) is 51.9 cm³/mol. The average molecular weight is 201 g/mol. The van der Waals surface area contributed by atoms with E-state index in [4.69, 9.17) is 11.6 Å². The molecule has 0 aliphatic rings. The lowest BCUT2D eigenvalue weighted by molar-refractivity contribution is -0.118. The molecule has 0 aliphatic carbocycles. The summed E-state index contributed by atoms with van der Waals surface area (Å²) in [7, 11) is 1.89. The van der Waals surface area contributed by atoms with Gasteiger partial charge in [0.05, 0.1) is 6.42 Å². The van der Waals surface area contributed by atoms with Gasteiger partial charge in [-0.05, 0) is 6.42 Å². The van der Waals surface area contributed by atoms with Crippen molar-refractivity contribution in [2.45, 2.75) is 19.3 Å². The molecule has 0 saturated heterocycles. The highest BCUT2D eigenvalue weighted by Gasteiger charge is 2.06. The number of carbonyl (C=O) groups is 1. The first-order valence-corrected chi connectivity index (χ1v) is 4.81. The molecular formula is C9H13ClN2O. The molecule has 4 heteroatoms. The molecule has 1 aromatic heterocycles. The topological polar surface area (TPSA) is 34.9 Å². The smallest absolute Gasteiger partial charge is 0.140 e. The van der Waals surface area contributed by atoms with Gasteiger partial charge in [0.25, 0.3) is 0 Å². The zero-order valence-electron chi connectivity index (χ0n) is 7.66. The minimum absolute atomic E-state index is 0.204. The highest BCUT2D eigenvalue weighted by molar-refractivity contribution is 6.17. The van der Waals surface area contributed by atoms with Gasteiger partial charge in [0.1, 0.15) is 11.6 Å². The van der Waals surface area contributed by atoms with Gasteiger partial charge < -0.3 is 4.57 Å². The van der Waals surface area contributed by atoms with Crippen LogP contribution in [0.25, 0.3) is 0 Å². The number of carbonyl (C=O) groups excluding carboxylic acids is 1. The molecule has 0 aliphatic heterocycles. The Morgan fingerprint density at radius 1 is 1.69 bits per heavy atom. The summed E-state index contributed by atoms with van der Waals surface area (Å²) in [6.45, 7) is 0. The number of rotatable bonds is 5. The minimum Gasteiger partial charge on any atom is -0.338 e. The maximum Gasteiger partial charge on any atom is 0.140 e. The van der Waals surface area contributed by atoms with Gasteiger partial charge in [-0.25, -0.2) is 4.98 Å². The van der Waals surface area contributed by atoms with E-state index in [0.29, 0.717) is 18.7 Å². The van der Waals surface area contributed by atoms with Gasteiger partial charge >= 0.3 is 0 Å². The number of halogens is 1. The average Bonchev–Trinajstić information content (AvgIpc) is 2.48. The van der Waals surface area contributed by atoms with Gasteiger partial charge in [0, 0.05) is 31.7 Å². The predicted octanol–water partition coefficient (Wildman–Crippen LogP) is 1.55. The monoisotopic (exact) mass is 200 g/mol. The summed E-state index contributed by atoms with van der Waals surface area (Å²) in [5, 5.41) is 0. The molecule has 0 unspecified atom stereocenters. The Kier molecular flexibility index (Phi) is 3.96. The first-order chi connectivity index (χ1) is 6.24. The van der Waals surface area contributed by atoms with Crippen molar-refractivity contribution in [3.05, 3.63) is 18.2 Å². The van der Waals surface area contributed by atoms with Gasteiger partial charge in [-0.2, -0.15) is 0 Å². The van der Waals surface area contributed by atoms with Crippen LogP contribution in [0.15, 0.2) is 12.4 Å². The van der Waals surface area contributed by atoms with Crippen molar-refractivity contribution in [3.8, 4) is 0 Å². The molecule has 0 saturated carbocycles. The highest BCUT2D eigenvalue weighted by Crippen LogP contribution is 2.01. The van der Waals surface area contributed by atoms with Gasteiger partial charge in [0.15, 0.2) is 0 Å². The van der Waals surface area contributed by atoms with Crippen LogP contribution in [0.3, 0.4) is 0 Å². The van der Waals surface area contributed by atoms with Crippen molar-refractivity contribution >= 4 is 17.4 Å². The second kappa shape index (κ2) is 5.02. The molecule has 72 valence electrons. The number of imidazole rings is 1. The fourth-order valence-corrected chi connectivity index (χ4v) is 1.23. The van der Waals surface area contributed by atoms with E-state index in [2.05, 4.69) is 4.98 Å². The molecule has 1 heterocycles. The van der Waals surface area contributed by atoms with Crippen LogP contribution in [0.4, 0.5) is 0 Å². The van der Waals surface area contributed by atoms with E-state index in [9.17, 15) is 4.79 Å². The number of ketones is 1. The van der Waals surface area contributed by atoms with E-state index < -0.39 is 0 Å². The summed E-state index contributed by atoms with van der Waals surface area (Å²) < 4.78 is 1.86. The third-order valence-corrected chi connectivity index (χ3v) is 2.13. The van der Waals surface area contributed by atoms with Gasteiger partial charge in [-0.3, -0.25) is 4.79 Å². The molecule has 1 aromatic rings. The summed E-state index contributed by atoms with van der Waals surface area (Å²) in [5.41, 5.74) is 0. The van der Waals surface area contributed by atoms with Crippen molar-refractivity contribution in [1.82, 2.24) is 9.55 Å². The molecule has 0 bridgehead atoms. The normalized spacial score (nSPS) is 10.3. The summed E-state index contributed by atoms with van der Waals surface area (Å²) >= 11 is 5.49. The van der Waals surface area contributed by atoms with Crippen LogP contribution in [0.5, 0.6) is 0 Å². The quantitative estimate of drug-likeness (QED) is 0.676. The number of aryl methyl sites for hydroxylation is 1. The van der Waals surface area contributed by atoms with E-state index in [1.165, 1.54) is 0 Å². The van der Waals surface area contributed by atoms with Gasteiger partial charge in [-0.15, -0.1) is 11.6 Å². The number of aromatic nitrogens is 2. The van der Waals surface area contributed by atoms with Crippen molar-refractivity contribution in [2.75, 3.05) is 5.88 Å². The van der Waals surface area contributed by atoms with Crippen molar-refractivity contribution in [2.24, 2.45) is 7.05 Å². The zero-order valence-corrected chi connectivity index (χ0v) is 8.42. The van der Waals surface area contributed by atoms with Crippen LogP contribution in [0, 0.1) is 0 Å². The largest absolute Gasteiger partial charge is 0.338 e. The standard InChI is InChI=1S/C9H13ClN2O/c1-12-6-5-11-9(12)7-8(13)3-2-4-10/h5-6H,2-4,7H2,1H3. The van der Waals surface area contributed by atoms with Crippen LogP contribution >= 0.6 is 11.6 Å². The van der Waals surface area contributed by atoms with Crippen LogP contribution in [-0.2, 0) is 18.3 Å². The molecule has 0 radical (unpaired) electrons. The maximum atomic E-state index is 11.3. The van der Waals surface area contributed by atoms with Crippen LogP contribution < -0.4 is 0 Å². The van der Waals surface area contributed by atoms with Crippen molar-refractivity contribution < 1.29 is 4.79 Å². The lowest BCUT2D eigenvalue weighted by Gasteiger charge is -1.99. The molecule has 0 N–H and O–H groups in total. The van der Waals surface area contributed by atoms with Crippen LogP contribution in [-0.4, -0.2) is 21.2 Å². The number of hydrogen-bond donors (Lipinski definition) is 0. The lowest BCUT2D eigenvalue weighted by Crippen LogP contribution is -2.07. The lowest BCUT2D eigenvalue weighted by atomic mass is 10.2. The summed E-state index contributed by atoms with van der Waals surface area (Å²) in [6, 6.07) is 0. The molecule has 0 spiro atoms. The van der Waals surface area contributed by atoms with E-state index in [0.717, 1.165) is 12.2 Å². The fraction of sp³-hybridized carbons (Fsp3) is 0.556. The first kappa shape index (κ1) is 10.3. The Bertz CT molecular complexity index is 283. The third-order valence-electron chi connectivity index (χ3n) is 1.87. The Balaban J connectivity index is 2.41. The molecule has 0 fully saturated rings. The van der Waals surface area contributed by atoms with Crippen LogP contribution in [0.2, 0.25) is 0 Å². The summed E-state index contributed by atoms with van der Waals surface area (Å²) in [4.78, 5) is 15.4. The number of alkyl halides is 1. The number of nitrogens with zero attached hydrogens (tertiary/aromatic N) is 2. The molecular weight excluding hydrogens is 188 g/mol. The highest BCUT2D eigenvalue weighted by atomic mass is 35.5. The summed E-state index contributed by atoms with van der Waals surface area (Å²) in [6.07, 6.45) is 5.26.